The molecule has 0 fully saturated rings. The van der Waals surface area contributed by atoms with Crippen LogP contribution in [0.25, 0.3) is 0 Å². The number of carbonyl (C=O) groups is 1. The van der Waals surface area contributed by atoms with Crippen LogP contribution in [0.1, 0.15) is 0 Å². The molecule has 0 unspecified atom stereocenters. The normalized spacial score (nSPS) is 5.67. The molecule has 4 N–H and O–H groups in total. The van der Waals surface area contributed by atoms with Crippen molar-refractivity contribution in [2.24, 2.45) is 0 Å². The SMILES string of the molecule is OB(O)O.[CH2-]C(=O)O.[Na+]. The molecule has 0 saturated carbocycles. The second kappa shape index (κ2) is 11.1. The Morgan fingerprint density at radius 3 is 1.33 bits per heavy atom. The van der Waals surface area contributed by atoms with E-state index < -0.39 is 13.3 Å². The molecule has 0 aromatic carbocycles. The number of rotatable bonds is 0. The van der Waals surface area contributed by atoms with E-state index >= 15 is 0 Å². The van der Waals surface area contributed by atoms with Crippen LogP contribution in [0.2, 0.25) is 0 Å². The maximum atomic E-state index is 8.89. The maximum absolute atomic E-state index is 8.89. The van der Waals surface area contributed by atoms with Crippen LogP contribution >= 0.6 is 0 Å². The zero-order valence-electron chi connectivity index (χ0n) is 4.98. The Hall–Kier alpha value is 0.285. The summed E-state index contributed by atoms with van der Waals surface area (Å²) in [5, 5.41) is 28.8. The minimum Gasteiger partial charge on any atom is -0.503 e. The number of hydrogen-bond donors (Lipinski definition) is 4. The van der Waals surface area contributed by atoms with Gasteiger partial charge in [0.25, 0.3) is 0 Å². The van der Waals surface area contributed by atoms with Crippen molar-refractivity contribution in [2.45, 2.75) is 0 Å². The van der Waals surface area contributed by atoms with Crippen molar-refractivity contribution in [3.8, 4) is 0 Å². The van der Waals surface area contributed by atoms with Crippen molar-refractivity contribution >= 4 is 13.3 Å². The minimum absolute atomic E-state index is 0. The molecule has 0 aliphatic rings. The fraction of sp³-hybridized carbons (Fsp3) is 0. The fourth-order valence-corrected chi connectivity index (χ4v) is 0. The monoisotopic (exact) mass is 144 g/mol. The summed E-state index contributed by atoms with van der Waals surface area (Å²) in [7, 11) is -2.17. The molecule has 0 aromatic rings. The van der Waals surface area contributed by atoms with Gasteiger partial charge in [-0.2, -0.15) is 0 Å². The number of hydrogen-bond acceptors (Lipinski definition) is 4. The van der Waals surface area contributed by atoms with Crippen LogP contribution < -0.4 is 29.6 Å². The molecular formula is C2H6BNaO5. The molecular weight excluding hydrogens is 138 g/mol. The first-order valence-electron chi connectivity index (χ1n) is 1.56. The smallest absolute Gasteiger partial charge is 0.503 e. The van der Waals surface area contributed by atoms with E-state index in [0.29, 0.717) is 0 Å². The largest absolute Gasteiger partial charge is 1.00 e. The van der Waals surface area contributed by atoms with E-state index in [9.17, 15) is 0 Å². The predicted molar refractivity (Wildman–Crippen MR) is 25.4 cm³/mol. The number of carboxylic acid groups (broad SMARTS) is 1. The molecule has 0 amide bonds. The Morgan fingerprint density at radius 1 is 1.33 bits per heavy atom. The van der Waals surface area contributed by atoms with Crippen LogP contribution in [0.3, 0.4) is 0 Å². The van der Waals surface area contributed by atoms with Gasteiger partial charge in [0.05, 0.1) is 0 Å². The van der Waals surface area contributed by atoms with Gasteiger partial charge in [0, 0.05) is 0 Å². The quantitative estimate of drug-likeness (QED) is 0.201. The Kier molecular flexibility index (Phi) is 20.0. The van der Waals surface area contributed by atoms with Gasteiger partial charge >= 0.3 is 36.9 Å². The van der Waals surface area contributed by atoms with E-state index in [2.05, 4.69) is 6.92 Å². The third kappa shape index (κ3) is 4030. The molecule has 9 heavy (non-hydrogen) atoms. The van der Waals surface area contributed by atoms with E-state index in [1.807, 2.05) is 0 Å². The molecule has 0 spiro atoms. The predicted octanol–water partition coefficient (Wildman–Crippen LogP) is -5.14. The van der Waals surface area contributed by atoms with Gasteiger partial charge in [0.15, 0.2) is 5.97 Å². The molecule has 0 rings (SSSR count). The van der Waals surface area contributed by atoms with E-state index in [1.165, 1.54) is 0 Å². The average Bonchev–Trinajstić information content (AvgIpc) is 1.25. The van der Waals surface area contributed by atoms with Crippen LogP contribution in [0.5, 0.6) is 0 Å². The first-order chi connectivity index (χ1) is 3.46. The van der Waals surface area contributed by atoms with Gasteiger partial charge in [0.2, 0.25) is 0 Å². The van der Waals surface area contributed by atoms with Crippen LogP contribution in [-0.2, 0) is 4.79 Å². The van der Waals surface area contributed by atoms with Crippen LogP contribution in [0, 0.1) is 6.92 Å². The van der Waals surface area contributed by atoms with Crippen molar-refractivity contribution in [1.29, 1.82) is 0 Å². The first-order valence-corrected chi connectivity index (χ1v) is 1.56. The molecule has 7 heteroatoms. The molecule has 0 saturated heterocycles. The second-order valence-electron chi connectivity index (χ2n) is 0.740. The van der Waals surface area contributed by atoms with E-state index in [0.717, 1.165) is 0 Å². The van der Waals surface area contributed by atoms with Crippen LogP contribution in [0.15, 0.2) is 0 Å². The van der Waals surface area contributed by atoms with Gasteiger partial charge in [-0.15, -0.1) is 0 Å². The van der Waals surface area contributed by atoms with Gasteiger partial charge in [-0.1, -0.05) is 0 Å². The molecule has 0 aliphatic heterocycles. The number of carboxylic acids is 1. The van der Waals surface area contributed by atoms with Crippen molar-refractivity contribution in [2.75, 3.05) is 0 Å². The standard InChI is InChI=1S/C2H3O2.BH3O3.Na/c1-2(3)4;2-1(3)4;/h1H2,(H,3,4);2-4H;/q-1;;+1. The molecule has 0 aliphatic carbocycles. The summed E-state index contributed by atoms with van der Waals surface area (Å²) in [6, 6.07) is 0. The van der Waals surface area contributed by atoms with Crippen molar-refractivity contribution in [3.63, 3.8) is 0 Å². The minimum atomic E-state index is -2.17. The molecule has 0 radical (unpaired) electrons. The molecule has 48 valence electrons. The van der Waals surface area contributed by atoms with Crippen molar-refractivity contribution < 1.29 is 54.5 Å². The Morgan fingerprint density at radius 2 is 1.33 bits per heavy atom. The average molecular weight is 144 g/mol. The summed E-state index contributed by atoms with van der Waals surface area (Å²) in [4.78, 5) is 8.89. The summed E-state index contributed by atoms with van der Waals surface area (Å²) in [5.41, 5.74) is 0. The van der Waals surface area contributed by atoms with Gasteiger partial charge in [-0.05, 0) is 0 Å². The molecule has 0 bridgehead atoms. The van der Waals surface area contributed by atoms with Gasteiger partial charge in [-0.3, -0.25) is 11.7 Å². The Bertz CT molecular complexity index is 59.2. The Labute approximate surface area is 74.8 Å². The zero-order valence-corrected chi connectivity index (χ0v) is 6.98. The summed E-state index contributed by atoms with van der Waals surface area (Å²) in [5.74, 6) is -1.08. The summed E-state index contributed by atoms with van der Waals surface area (Å²) >= 11 is 0. The molecule has 0 aromatic heterocycles. The maximum Gasteiger partial charge on any atom is 1.00 e. The summed E-state index contributed by atoms with van der Waals surface area (Å²) in [6.07, 6.45) is 0. The van der Waals surface area contributed by atoms with Crippen molar-refractivity contribution in [3.05, 3.63) is 6.92 Å². The third-order valence-corrected chi connectivity index (χ3v) is 0. The van der Waals surface area contributed by atoms with Gasteiger partial charge < -0.3 is 20.2 Å². The van der Waals surface area contributed by atoms with E-state index in [4.69, 9.17) is 25.0 Å². The van der Waals surface area contributed by atoms with Gasteiger partial charge in [-0.25, -0.2) is 0 Å². The van der Waals surface area contributed by atoms with E-state index in [1.54, 1.807) is 0 Å². The molecule has 0 heterocycles. The van der Waals surface area contributed by atoms with Crippen molar-refractivity contribution in [1.82, 2.24) is 0 Å². The number of aliphatic carboxylic acids is 1. The Balaban J connectivity index is -0.0000000720. The fourth-order valence-electron chi connectivity index (χ4n) is 0. The summed E-state index contributed by atoms with van der Waals surface area (Å²) < 4.78 is 0. The van der Waals surface area contributed by atoms with Crippen LogP contribution in [-0.4, -0.2) is 33.5 Å². The topological polar surface area (TPSA) is 98.0 Å². The molecule has 5 nitrogen and oxygen atoms in total. The van der Waals surface area contributed by atoms with E-state index in [-0.39, 0.29) is 29.6 Å². The first kappa shape index (κ1) is 16.1. The second-order valence-corrected chi connectivity index (χ2v) is 0.740. The van der Waals surface area contributed by atoms with Crippen LogP contribution in [0.4, 0.5) is 0 Å². The molecule has 0 atom stereocenters. The zero-order chi connectivity index (χ0) is 7.15. The van der Waals surface area contributed by atoms with Gasteiger partial charge in [0.1, 0.15) is 0 Å². The summed E-state index contributed by atoms with van der Waals surface area (Å²) in [6.45, 7) is 2.56. The third-order valence-electron chi connectivity index (χ3n) is 0.